The molecule has 1 aliphatic carbocycles. The summed E-state index contributed by atoms with van der Waals surface area (Å²) in [5.74, 6) is 1.63. The van der Waals surface area contributed by atoms with Gasteiger partial charge in [-0.05, 0) is 24.3 Å². The largest absolute Gasteiger partial charge is 0.496 e. The summed E-state index contributed by atoms with van der Waals surface area (Å²) in [4.78, 5) is 5.12. The summed E-state index contributed by atoms with van der Waals surface area (Å²) in [7, 11) is 1.64. The monoisotopic (exact) mass is 376 g/mol. The van der Waals surface area contributed by atoms with Crippen LogP contribution in [-0.2, 0) is 19.8 Å². The maximum Gasteiger partial charge on any atom is 0.129 e. The number of aliphatic hydroxyl groups is 2. The Kier molecular flexibility index (Phi) is 7.94. The van der Waals surface area contributed by atoms with Crippen molar-refractivity contribution in [2.45, 2.75) is 58.3 Å². The minimum Gasteiger partial charge on any atom is -0.496 e. The number of benzene rings is 1. The van der Waals surface area contributed by atoms with Crippen molar-refractivity contribution in [3.63, 3.8) is 0 Å². The van der Waals surface area contributed by atoms with Crippen molar-refractivity contribution >= 4 is 0 Å². The molecule has 1 aromatic carbocycles. The third kappa shape index (κ3) is 5.44. The molecule has 5 nitrogen and oxygen atoms in total. The molecular formula is C22H36N2O3. The first-order valence-corrected chi connectivity index (χ1v) is 10.6. The second-order valence-electron chi connectivity index (χ2n) is 8.15. The molecule has 0 spiro atoms. The first-order chi connectivity index (χ1) is 13.2. The van der Waals surface area contributed by atoms with Gasteiger partial charge in [-0.15, -0.1) is 0 Å². The summed E-state index contributed by atoms with van der Waals surface area (Å²) >= 11 is 0. The van der Waals surface area contributed by atoms with Crippen LogP contribution in [0.25, 0.3) is 0 Å². The van der Waals surface area contributed by atoms with Crippen LogP contribution < -0.4 is 4.74 Å². The van der Waals surface area contributed by atoms with E-state index in [0.29, 0.717) is 5.56 Å². The van der Waals surface area contributed by atoms with Crippen molar-refractivity contribution in [1.29, 1.82) is 0 Å². The van der Waals surface area contributed by atoms with E-state index in [1.165, 1.54) is 45.1 Å². The van der Waals surface area contributed by atoms with Crippen LogP contribution in [0.2, 0.25) is 0 Å². The van der Waals surface area contributed by atoms with Crippen LogP contribution in [-0.4, -0.2) is 59.8 Å². The van der Waals surface area contributed by atoms with Crippen LogP contribution in [0, 0.1) is 5.92 Å². The van der Waals surface area contributed by atoms with Gasteiger partial charge in [0, 0.05) is 50.4 Å². The second-order valence-corrected chi connectivity index (χ2v) is 8.15. The average molecular weight is 377 g/mol. The zero-order valence-corrected chi connectivity index (χ0v) is 16.8. The molecule has 1 saturated heterocycles. The van der Waals surface area contributed by atoms with E-state index in [4.69, 9.17) is 4.74 Å². The molecule has 1 aliphatic heterocycles. The minimum absolute atomic E-state index is 0.0770. The van der Waals surface area contributed by atoms with Gasteiger partial charge in [0.05, 0.1) is 20.3 Å². The molecule has 5 heteroatoms. The lowest BCUT2D eigenvalue weighted by atomic mass is 9.99. The van der Waals surface area contributed by atoms with Crippen LogP contribution in [0.15, 0.2) is 12.1 Å². The van der Waals surface area contributed by atoms with Crippen molar-refractivity contribution in [3.8, 4) is 5.75 Å². The maximum atomic E-state index is 9.69. The van der Waals surface area contributed by atoms with Crippen molar-refractivity contribution in [3.05, 3.63) is 28.8 Å². The first-order valence-electron chi connectivity index (χ1n) is 10.6. The summed E-state index contributed by atoms with van der Waals surface area (Å²) in [6, 6.07) is 3.94. The number of rotatable bonds is 7. The molecule has 1 heterocycles. The number of ether oxygens (including phenoxy) is 1. The fourth-order valence-corrected chi connectivity index (χ4v) is 4.70. The van der Waals surface area contributed by atoms with Crippen LogP contribution in [0.1, 0.15) is 55.2 Å². The summed E-state index contributed by atoms with van der Waals surface area (Å²) in [5.41, 5.74) is 2.55. The van der Waals surface area contributed by atoms with E-state index < -0.39 is 0 Å². The highest BCUT2D eigenvalue weighted by atomic mass is 16.5. The third-order valence-electron chi connectivity index (χ3n) is 6.32. The SMILES string of the molecule is COc1c(CN2CCN(CC3CCCCCC3)CC2)ccc(CO)c1CO. The molecule has 152 valence electrons. The fraction of sp³-hybridized carbons (Fsp3) is 0.727. The molecule has 2 fully saturated rings. The lowest BCUT2D eigenvalue weighted by Crippen LogP contribution is -2.47. The molecular weight excluding hydrogens is 340 g/mol. The minimum atomic E-state index is -0.109. The molecule has 2 aliphatic rings. The second kappa shape index (κ2) is 10.4. The highest BCUT2D eigenvalue weighted by Gasteiger charge is 2.22. The van der Waals surface area contributed by atoms with Gasteiger partial charge < -0.3 is 19.8 Å². The number of hydrogen-bond donors (Lipinski definition) is 2. The van der Waals surface area contributed by atoms with Crippen LogP contribution in [0.3, 0.4) is 0 Å². The van der Waals surface area contributed by atoms with Gasteiger partial charge in [0.2, 0.25) is 0 Å². The first kappa shape index (κ1) is 20.6. The van der Waals surface area contributed by atoms with Gasteiger partial charge >= 0.3 is 0 Å². The van der Waals surface area contributed by atoms with Crippen molar-refractivity contribution < 1.29 is 14.9 Å². The van der Waals surface area contributed by atoms with Gasteiger partial charge in [-0.25, -0.2) is 0 Å². The third-order valence-corrected chi connectivity index (χ3v) is 6.32. The zero-order valence-electron chi connectivity index (χ0n) is 16.8. The van der Waals surface area contributed by atoms with Crippen molar-refractivity contribution in [1.82, 2.24) is 9.80 Å². The molecule has 2 N–H and O–H groups in total. The smallest absolute Gasteiger partial charge is 0.129 e. The molecule has 0 bridgehead atoms. The van der Waals surface area contributed by atoms with Gasteiger partial charge in [-0.3, -0.25) is 4.90 Å². The standard InChI is InChI=1S/C22H36N2O3/c1-27-22-19(8-9-20(16-25)21(22)17-26)15-24-12-10-23(11-13-24)14-18-6-4-2-3-5-7-18/h8-9,18,25-26H,2-7,10-17H2,1H3. The molecule has 0 unspecified atom stereocenters. The molecule has 1 aromatic rings. The Morgan fingerprint density at radius 1 is 0.889 bits per heavy atom. The van der Waals surface area contributed by atoms with Crippen LogP contribution in [0.4, 0.5) is 0 Å². The number of piperazine rings is 1. The molecule has 1 saturated carbocycles. The van der Waals surface area contributed by atoms with E-state index in [2.05, 4.69) is 9.80 Å². The van der Waals surface area contributed by atoms with Crippen LogP contribution in [0.5, 0.6) is 5.75 Å². The number of methoxy groups -OCH3 is 1. The Morgan fingerprint density at radius 3 is 2.11 bits per heavy atom. The molecule has 0 amide bonds. The van der Waals surface area contributed by atoms with E-state index in [1.54, 1.807) is 7.11 Å². The lowest BCUT2D eigenvalue weighted by Gasteiger charge is -2.36. The Morgan fingerprint density at radius 2 is 1.52 bits per heavy atom. The van der Waals surface area contributed by atoms with Gasteiger partial charge in [-0.2, -0.15) is 0 Å². The molecule has 0 aromatic heterocycles. The van der Waals surface area contributed by atoms with Crippen LogP contribution >= 0.6 is 0 Å². The predicted molar refractivity (Wildman–Crippen MR) is 108 cm³/mol. The van der Waals surface area contributed by atoms with E-state index in [0.717, 1.165) is 55.5 Å². The quantitative estimate of drug-likeness (QED) is 0.717. The molecule has 0 radical (unpaired) electrons. The fourth-order valence-electron chi connectivity index (χ4n) is 4.70. The Balaban J connectivity index is 1.54. The number of hydrogen-bond acceptors (Lipinski definition) is 5. The van der Waals surface area contributed by atoms with Crippen molar-refractivity contribution in [2.24, 2.45) is 5.92 Å². The maximum absolute atomic E-state index is 9.69. The highest BCUT2D eigenvalue weighted by Crippen LogP contribution is 2.29. The van der Waals surface area contributed by atoms with E-state index >= 15 is 0 Å². The highest BCUT2D eigenvalue weighted by molar-refractivity contribution is 5.46. The predicted octanol–water partition coefficient (Wildman–Crippen LogP) is 2.77. The van der Waals surface area contributed by atoms with Gasteiger partial charge in [0.25, 0.3) is 0 Å². The van der Waals surface area contributed by atoms with Gasteiger partial charge in [0.1, 0.15) is 5.75 Å². The van der Waals surface area contributed by atoms with Crippen molar-refractivity contribution in [2.75, 3.05) is 39.8 Å². The summed E-state index contributed by atoms with van der Waals surface area (Å²) < 4.78 is 5.58. The number of aliphatic hydroxyl groups excluding tert-OH is 2. The zero-order chi connectivity index (χ0) is 19.1. The molecule has 27 heavy (non-hydrogen) atoms. The Bertz CT molecular complexity index is 577. The normalized spacial score (nSPS) is 20.6. The Hall–Kier alpha value is -1.14. The van der Waals surface area contributed by atoms with Gasteiger partial charge in [0.15, 0.2) is 0 Å². The Labute approximate surface area is 163 Å². The lowest BCUT2D eigenvalue weighted by molar-refractivity contribution is 0.109. The van der Waals surface area contributed by atoms with E-state index in [-0.39, 0.29) is 13.2 Å². The average Bonchev–Trinajstić information content (AvgIpc) is 2.97. The van der Waals surface area contributed by atoms with E-state index in [9.17, 15) is 10.2 Å². The summed E-state index contributed by atoms with van der Waals surface area (Å²) in [6.45, 7) is 6.35. The topological polar surface area (TPSA) is 56.2 Å². The molecule has 3 rings (SSSR count). The summed E-state index contributed by atoms with van der Waals surface area (Å²) in [6.07, 6.45) is 8.52. The van der Waals surface area contributed by atoms with Gasteiger partial charge in [-0.1, -0.05) is 37.8 Å². The molecule has 0 atom stereocenters. The number of nitrogens with zero attached hydrogens (tertiary/aromatic N) is 2. The van der Waals surface area contributed by atoms with E-state index in [1.807, 2.05) is 12.1 Å². The summed E-state index contributed by atoms with van der Waals surface area (Å²) in [5, 5.41) is 19.2.